The monoisotopic (exact) mass is 593 g/mol. The molecule has 0 atom stereocenters. The molecule has 3 heterocycles. The van der Waals surface area contributed by atoms with Crippen molar-refractivity contribution in [3.05, 3.63) is 106 Å². The third-order valence-electron chi connectivity index (χ3n) is 6.87. The van der Waals surface area contributed by atoms with Gasteiger partial charge >= 0.3 is 6.18 Å². The molecule has 0 saturated carbocycles. The van der Waals surface area contributed by atoms with Crippen molar-refractivity contribution in [3.8, 4) is 16.9 Å². The van der Waals surface area contributed by atoms with E-state index in [1.165, 1.54) is 23.9 Å². The van der Waals surface area contributed by atoms with Crippen molar-refractivity contribution in [1.29, 1.82) is 0 Å². The summed E-state index contributed by atoms with van der Waals surface area (Å²) < 4.78 is 41.3. The fourth-order valence-corrected chi connectivity index (χ4v) is 5.83. The topological polar surface area (TPSA) is 53.7 Å². The fraction of sp³-hybridized carbons (Fsp3) is 0.167. The number of benzene rings is 3. The number of carbonyl (C=O) groups excluding carboxylic acids is 1. The number of halogens is 4. The van der Waals surface area contributed by atoms with Crippen LogP contribution in [0.15, 0.2) is 95.0 Å². The molecule has 6 nitrogen and oxygen atoms in total. The quantitative estimate of drug-likeness (QED) is 0.238. The van der Waals surface area contributed by atoms with E-state index in [2.05, 4.69) is 4.99 Å². The van der Waals surface area contributed by atoms with Gasteiger partial charge in [0, 0.05) is 54.2 Å². The predicted molar refractivity (Wildman–Crippen MR) is 157 cm³/mol. The van der Waals surface area contributed by atoms with Crippen LogP contribution in [0.1, 0.15) is 11.1 Å². The van der Waals surface area contributed by atoms with Crippen LogP contribution in [0.25, 0.3) is 23.0 Å². The first kappa shape index (κ1) is 27.2. The number of carbonyl (C=O) groups is 1. The first-order chi connectivity index (χ1) is 19.7. The van der Waals surface area contributed by atoms with E-state index in [0.717, 1.165) is 22.9 Å². The molecule has 2 aliphatic rings. The number of thioether (sulfide) groups is 1. The molecule has 4 aromatic rings. The number of para-hydroxylation sites is 1. The number of nitrogens with zero attached hydrogens (tertiary/aromatic N) is 5. The Morgan fingerprint density at radius 1 is 0.854 bits per heavy atom. The summed E-state index contributed by atoms with van der Waals surface area (Å²) in [5.41, 5.74) is 3.07. The van der Waals surface area contributed by atoms with Crippen LogP contribution in [0.5, 0.6) is 0 Å². The van der Waals surface area contributed by atoms with Crippen molar-refractivity contribution in [2.45, 2.75) is 6.18 Å². The van der Waals surface area contributed by atoms with Crippen LogP contribution in [-0.2, 0) is 11.0 Å². The second kappa shape index (κ2) is 11.1. The lowest BCUT2D eigenvalue weighted by Crippen LogP contribution is -2.47. The molecule has 6 rings (SSSR count). The Morgan fingerprint density at radius 3 is 2.24 bits per heavy atom. The Labute approximate surface area is 243 Å². The van der Waals surface area contributed by atoms with E-state index in [9.17, 15) is 18.0 Å². The van der Waals surface area contributed by atoms with E-state index in [4.69, 9.17) is 16.7 Å². The van der Waals surface area contributed by atoms with Crippen LogP contribution in [0.4, 0.5) is 18.9 Å². The average Bonchev–Trinajstić information content (AvgIpc) is 3.57. The Kier molecular flexibility index (Phi) is 7.35. The number of amidine groups is 1. The van der Waals surface area contributed by atoms with Crippen LogP contribution < -0.4 is 4.90 Å². The molecule has 0 aliphatic carbocycles. The Bertz CT molecular complexity index is 1640. The minimum Gasteiger partial charge on any atom is -0.368 e. The summed E-state index contributed by atoms with van der Waals surface area (Å²) in [7, 11) is 0. The number of piperazine rings is 1. The van der Waals surface area contributed by atoms with Gasteiger partial charge in [-0.1, -0.05) is 48.0 Å². The molecule has 2 aliphatic heterocycles. The van der Waals surface area contributed by atoms with Crippen molar-refractivity contribution in [3.63, 3.8) is 0 Å². The summed E-state index contributed by atoms with van der Waals surface area (Å²) in [5.74, 6) is -0.333. The number of alkyl halides is 3. The van der Waals surface area contributed by atoms with Gasteiger partial charge in [0.1, 0.15) is 0 Å². The van der Waals surface area contributed by atoms with Gasteiger partial charge in [-0.05, 0) is 60.3 Å². The van der Waals surface area contributed by atoms with Gasteiger partial charge in [-0.2, -0.15) is 23.3 Å². The lowest BCUT2D eigenvalue weighted by molar-refractivity contribution is -0.137. The van der Waals surface area contributed by atoms with E-state index in [0.29, 0.717) is 52.7 Å². The molecule has 208 valence electrons. The van der Waals surface area contributed by atoms with Crippen LogP contribution in [0.2, 0.25) is 5.02 Å². The lowest BCUT2D eigenvalue weighted by Gasteiger charge is -2.36. The minimum absolute atomic E-state index is 0.333. The van der Waals surface area contributed by atoms with Gasteiger partial charge in [0.25, 0.3) is 5.91 Å². The molecule has 3 aromatic carbocycles. The molecule has 1 fully saturated rings. The zero-order chi connectivity index (χ0) is 28.6. The molecule has 1 aromatic heterocycles. The van der Waals surface area contributed by atoms with Crippen molar-refractivity contribution in [2.75, 3.05) is 31.1 Å². The number of aliphatic imine (C=N–C) groups is 1. The van der Waals surface area contributed by atoms with E-state index in [-0.39, 0.29) is 5.91 Å². The number of amides is 1. The molecule has 0 unspecified atom stereocenters. The fourth-order valence-electron chi connectivity index (χ4n) is 4.75. The number of hydrogen-bond donors (Lipinski definition) is 0. The summed E-state index contributed by atoms with van der Waals surface area (Å²) in [6, 6.07) is 22.4. The van der Waals surface area contributed by atoms with Crippen LogP contribution in [0.3, 0.4) is 0 Å². The number of aromatic nitrogens is 2. The van der Waals surface area contributed by atoms with E-state index >= 15 is 0 Å². The van der Waals surface area contributed by atoms with Gasteiger partial charge < -0.3 is 9.80 Å². The summed E-state index contributed by atoms with van der Waals surface area (Å²) in [5, 5.41) is 6.01. The summed E-state index contributed by atoms with van der Waals surface area (Å²) >= 11 is 7.40. The number of hydrogen-bond acceptors (Lipinski definition) is 5. The normalized spacial score (nSPS) is 16.9. The highest BCUT2D eigenvalue weighted by Crippen LogP contribution is 2.35. The second-order valence-corrected chi connectivity index (χ2v) is 11.0. The van der Waals surface area contributed by atoms with Crippen LogP contribution in [-0.4, -0.2) is 51.9 Å². The highest BCUT2D eigenvalue weighted by molar-refractivity contribution is 8.18. The lowest BCUT2D eigenvalue weighted by atomic mass is 10.1. The minimum atomic E-state index is -4.39. The second-order valence-electron chi connectivity index (χ2n) is 9.55. The van der Waals surface area contributed by atoms with E-state index < -0.39 is 11.7 Å². The smallest absolute Gasteiger partial charge is 0.368 e. The summed E-state index contributed by atoms with van der Waals surface area (Å²) in [6.45, 7) is 2.09. The van der Waals surface area contributed by atoms with Gasteiger partial charge in [0.15, 0.2) is 5.17 Å². The molecule has 0 bridgehead atoms. The predicted octanol–water partition coefficient (Wildman–Crippen LogP) is 7.00. The van der Waals surface area contributed by atoms with Crippen LogP contribution >= 0.6 is 23.4 Å². The Hall–Kier alpha value is -4.02. The Balaban J connectivity index is 1.20. The maximum Gasteiger partial charge on any atom is 0.416 e. The summed E-state index contributed by atoms with van der Waals surface area (Å²) in [4.78, 5) is 21.6. The molecule has 11 heteroatoms. The van der Waals surface area contributed by atoms with Crippen molar-refractivity contribution < 1.29 is 18.0 Å². The zero-order valence-corrected chi connectivity index (χ0v) is 23.1. The molecule has 0 N–H and O–H groups in total. The molecular weight excluding hydrogens is 571 g/mol. The standard InChI is InChI=1S/C30H23ClF3N5OS/c31-23-11-9-20(10-12-23)27-21(19-39(36-27)24-6-2-1-3-7-24)17-26-28(40)35-29(41-26)38-15-13-37(14-16-38)25-8-4-5-22(18-25)30(32,33)34/h1-12,17-19H,13-16H2. The third kappa shape index (κ3) is 5.89. The van der Waals surface area contributed by atoms with Crippen LogP contribution in [0, 0.1) is 0 Å². The van der Waals surface area contributed by atoms with Crippen molar-refractivity contribution >= 4 is 46.2 Å². The molecule has 0 radical (unpaired) electrons. The molecule has 0 spiro atoms. The van der Waals surface area contributed by atoms with E-state index in [1.54, 1.807) is 29.0 Å². The summed E-state index contributed by atoms with van der Waals surface area (Å²) in [6.07, 6.45) is -0.703. The molecule has 1 saturated heterocycles. The zero-order valence-electron chi connectivity index (χ0n) is 21.6. The first-order valence-corrected chi connectivity index (χ1v) is 14.0. The maximum atomic E-state index is 13.2. The third-order valence-corrected chi connectivity index (χ3v) is 8.16. The van der Waals surface area contributed by atoms with Crippen molar-refractivity contribution in [2.24, 2.45) is 4.99 Å². The van der Waals surface area contributed by atoms with Gasteiger partial charge in [-0.15, -0.1) is 0 Å². The molecule has 41 heavy (non-hydrogen) atoms. The SMILES string of the molecule is O=C1N=C(N2CCN(c3cccc(C(F)(F)F)c3)CC2)SC1=Cc1cn(-c2ccccc2)nc1-c1ccc(Cl)cc1. The van der Waals surface area contributed by atoms with Crippen molar-refractivity contribution in [1.82, 2.24) is 14.7 Å². The largest absolute Gasteiger partial charge is 0.416 e. The van der Waals surface area contributed by atoms with Gasteiger partial charge in [0.2, 0.25) is 0 Å². The van der Waals surface area contributed by atoms with Gasteiger partial charge in [-0.25, -0.2) is 4.68 Å². The van der Waals surface area contributed by atoms with E-state index in [1.807, 2.05) is 58.5 Å². The number of rotatable bonds is 4. The highest BCUT2D eigenvalue weighted by Gasteiger charge is 2.32. The first-order valence-electron chi connectivity index (χ1n) is 12.9. The number of anilines is 1. The molecular formula is C30H23ClF3N5OS. The average molecular weight is 594 g/mol. The van der Waals surface area contributed by atoms with Gasteiger partial charge in [-0.3, -0.25) is 4.79 Å². The molecule has 1 amide bonds. The maximum absolute atomic E-state index is 13.2. The Morgan fingerprint density at radius 2 is 1.54 bits per heavy atom. The van der Waals surface area contributed by atoms with Gasteiger partial charge in [0.05, 0.1) is 21.8 Å². The highest BCUT2D eigenvalue weighted by atomic mass is 35.5.